The van der Waals surface area contributed by atoms with Gasteiger partial charge in [0.1, 0.15) is 5.82 Å². The third-order valence-electron chi connectivity index (χ3n) is 3.98. The van der Waals surface area contributed by atoms with E-state index >= 15 is 0 Å². The molecule has 3 aromatic rings. The van der Waals surface area contributed by atoms with Gasteiger partial charge in [0.05, 0.1) is 0 Å². The number of aromatic nitrogens is 3. The standard InChI is InChI=1S/C20H23N5O/c26-20(10-6-9-17-7-2-1-3-8-17)22-14-13-21-18-11-12-19(24-23-18)25-15-4-5-16-25/h1-5,7-8,11-12,15-16H,6,9-10,13-14H2,(H,21,23)(H,22,26). The maximum atomic E-state index is 11.9. The molecule has 6 heteroatoms. The maximum absolute atomic E-state index is 11.9. The molecule has 2 aromatic heterocycles. The van der Waals surface area contributed by atoms with Crippen molar-refractivity contribution in [3.8, 4) is 5.82 Å². The van der Waals surface area contributed by atoms with Crippen LogP contribution in [0.25, 0.3) is 5.82 Å². The van der Waals surface area contributed by atoms with E-state index in [4.69, 9.17) is 0 Å². The van der Waals surface area contributed by atoms with Gasteiger partial charge in [-0.1, -0.05) is 30.3 Å². The van der Waals surface area contributed by atoms with Gasteiger partial charge in [0.2, 0.25) is 5.91 Å². The lowest BCUT2D eigenvalue weighted by molar-refractivity contribution is -0.121. The second-order valence-corrected chi connectivity index (χ2v) is 5.98. The monoisotopic (exact) mass is 349 g/mol. The number of aryl methyl sites for hydroxylation is 1. The molecule has 0 saturated heterocycles. The van der Waals surface area contributed by atoms with E-state index in [1.807, 2.05) is 59.4 Å². The average Bonchev–Trinajstić information content (AvgIpc) is 3.21. The Morgan fingerprint density at radius 2 is 1.73 bits per heavy atom. The summed E-state index contributed by atoms with van der Waals surface area (Å²) >= 11 is 0. The summed E-state index contributed by atoms with van der Waals surface area (Å²) < 4.78 is 1.90. The second-order valence-electron chi connectivity index (χ2n) is 5.98. The first-order valence-corrected chi connectivity index (χ1v) is 8.83. The van der Waals surface area contributed by atoms with Gasteiger partial charge in [0.15, 0.2) is 5.82 Å². The number of nitrogens with zero attached hydrogens (tertiary/aromatic N) is 3. The van der Waals surface area contributed by atoms with Crippen LogP contribution in [0.4, 0.5) is 5.82 Å². The highest BCUT2D eigenvalue weighted by atomic mass is 16.1. The Morgan fingerprint density at radius 1 is 0.923 bits per heavy atom. The largest absolute Gasteiger partial charge is 0.367 e. The van der Waals surface area contributed by atoms with Crippen molar-refractivity contribution in [1.82, 2.24) is 20.1 Å². The number of carbonyl (C=O) groups is 1. The molecule has 2 N–H and O–H groups in total. The summed E-state index contributed by atoms with van der Waals surface area (Å²) in [6, 6.07) is 17.9. The SMILES string of the molecule is O=C(CCCc1ccccc1)NCCNc1ccc(-n2cccc2)nn1. The molecule has 6 nitrogen and oxygen atoms in total. The second kappa shape index (κ2) is 9.36. The summed E-state index contributed by atoms with van der Waals surface area (Å²) in [6.45, 7) is 1.17. The van der Waals surface area contributed by atoms with Gasteiger partial charge in [0.25, 0.3) is 0 Å². The van der Waals surface area contributed by atoms with Crippen molar-refractivity contribution in [2.75, 3.05) is 18.4 Å². The Bertz CT molecular complexity index is 785. The molecule has 0 bridgehead atoms. The van der Waals surface area contributed by atoms with Crippen molar-refractivity contribution in [3.05, 3.63) is 72.6 Å². The predicted molar refractivity (Wildman–Crippen MR) is 102 cm³/mol. The number of hydrogen-bond donors (Lipinski definition) is 2. The predicted octanol–water partition coefficient (Wildman–Crippen LogP) is 2.82. The Labute approximate surface area is 153 Å². The van der Waals surface area contributed by atoms with Crippen LogP contribution in [0, 0.1) is 0 Å². The van der Waals surface area contributed by atoms with E-state index in [0.29, 0.717) is 25.3 Å². The Morgan fingerprint density at radius 3 is 2.46 bits per heavy atom. The summed E-state index contributed by atoms with van der Waals surface area (Å²) in [7, 11) is 0. The lowest BCUT2D eigenvalue weighted by Crippen LogP contribution is -2.28. The molecule has 0 aliphatic heterocycles. The normalized spacial score (nSPS) is 10.5. The Balaban J connectivity index is 1.30. The topological polar surface area (TPSA) is 71.8 Å². The quantitative estimate of drug-likeness (QED) is 0.583. The molecule has 2 heterocycles. The van der Waals surface area contributed by atoms with Gasteiger partial charge in [0, 0.05) is 31.9 Å². The van der Waals surface area contributed by atoms with Crippen LogP contribution < -0.4 is 10.6 Å². The number of hydrogen-bond acceptors (Lipinski definition) is 4. The van der Waals surface area contributed by atoms with Crippen molar-refractivity contribution in [3.63, 3.8) is 0 Å². The number of rotatable bonds is 9. The molecule has 3 rings (SSSR count). The average molecular weight is 349 g/mol. The summed E-state index contributed by atoms with van der Waals surface area (Å²) in [5.74, 6) is 1.54. The van der Waals surface area contributed by atoms with E-state index in [1.54, 1.807) is 0 Å². The van der Waals surface area contributed by atoms with Gasteiger partial charge in [-0.15, -0.1) is 10.2 Å². The Kier molecular flexibility index (Phi) is 6.36. The van der Waals surface area contributed by atoms with Crippen LogP contribution in [0.3, 0.4) is 0 Å². The fourth-order valence-electron chi connectivity index (χ4n) is 2.62. The zero-order valence-corrected chi connectivity index (χ0v) is 14.6. The molecule has 0 aliphatic carbocycles. The van der Waals surface area contributed by atoms with Crippen molar-refractivity contribution in [2.24, 2.45) is 0 Å². The number of nitrogens with one attached hydrogen (secondary N) is 2. The van der Waals surface area contributed by atoms with Gasteiger partial charge in [-0.05, 0) is 42.7 Å². The zero-order chi connectivity index (χ0) is 18.0. The molecule has 0 unspecified atom stereocenters. The minimum Gasteiger partial charge on any atom is -0.367 e. The van der Waals surface area contributed by atoms with E-state index in [0.717, 1.165) is 18.7 Å². The summed E-state index contributed by atoms with van der Waals surface area (Å²) in [4.78, 5) is 11.9. The highest BCUT2D eigenvalue weighted by Gasteiger charge is 2.02. The zero-order valence-electron chi connectivity index (χ0n) is 14.6. The van der Waals surface area contributed by atoms with E-state index < -0.39 is 0 Å². The maximum Gasteiger partial charge on any atom is 0.220 e. The molecular weight excluding hydrogens is 326 g/mol. The molecule has 0 fully saturated rings. The van der Waals surface area contributed by atoms with Crippen molar-refractivity contribution < 1.29 is 4.79 Å². The number of carbonyl (C=O) groups excluding carboxylic acids is 1. The first kappa shape index (κ1) is 17.7. The van der Waals surface area contributed by atoms with Crippen LogP contribution >= 0.6 is 0 Å². The minimum atomic E-state index is 0.0803. The van der Waals surface area contributed by atoms with Crippen molar-refractivity contribution in [2.45, 2.75) is 19.3 Å². The fraction of sp³-hybridized carbons (Fsp3) is 0.250. The van der Waals surface area contributed by atoms with Gasteiger partial charge >= 0.3 is 0 Å². The van der Waals surface area contributed by atoms with Gasteiger partial charge in [-0.2, -0.15) is 0 Å². The van der Waals surface area contributed by atoms with Gasteiger partial charge in [-0.25, -0.2) is 0 Å². The van der Waals surface area contributed by atoms with Crippen molar-refractivity contribution >= 4 is 11.7 Å². The lowest BCUT2D eigenvalue weighted by atomic mass is 10.1. The third-order valence-corrected chi connectivity index (χ3v) is 3.98. The van der Waals surface area contributed by atoms with Crippen LogP contribution in [0.15, 0.2) is 67.0 Å². The molecule has 0 saturated carbocycles. The molecule has 0 radical (unpaired) electrons. The number of anilines is 1. The first-order chi connectivity index (χ1) is 12.8. The molecule has 26 heavy (non-hydrogen) atoms. The third kappa shape index (κ3) is 5.44. The van der Waals surface area contributed by atoms with E-state index in [-0.39, 0.29) is 5.91 Å². The van der Waals surface area contributed by atoms with Crippen LogP contribution in [0.2, 0.25) is 0 Å². The molecule has 0 aliphatic rings. The fourth-order valence-corrected chi connectivity index (χ4v) is 2.62. The van der Waals surface area contributed by atoms with Crippen LogP contribution in [0.5, 0.6) is 0 Å². The van der Waals surface area contributed by atoms with E-state index in [9.17, 15) is 4.79 Å². The number of amides is 1. The van der Waals surface area contributed by atoms with Crippen LogP contribution in [-0.2, 0) is 11.2 Å². The summed E-state index contributed by atoms with van der Waals surface area (Å²) in [6.07, 6.45) is 6.17. The smallest absolute Gasteiger partial charge is 0.220 e. The minimum absolute atomic E-state index is 0.0803. The lowest BCUT2D eigenvalue weighted by Gasteiger charge is -2.08. The molecule has 134 valence electrons. The first-order valence-electron chi connectivity index (χ1n) is 8.83. The highest BCUT2D eigenvalue weighted by Crippen LogP contribution is 2.07. The van der Waals surface area contributed by atoms with Crippen LogP contribution in [0.1, 0.15) is 18.4 Å². The number of benzene rings is 1. The summed E-state index contributed by atoms with van der Waals surface area (Å²) in [5, 5.41) is 14.4. The van der Waals surface area contributed by atoms with Gasteiger partial charge < -0.3 is 15.2 Å². The highest BCUT2D eigenvalue weighted by molar-refractivity contribution is 5.75. The van der Waals surface area contributed by atoms with Crippen molar-refractivity contribution in [1.29, 1.82) is 0 Å². The van der Waals surface area contributed by atoms with E-state index in [1.165, 1.54) is 5.56 Å². The van der Waals surface area contributed by atoms with Crippen LogP contribution in [-0.4, -0.2) is 33.8 Å². The van der Waals surface area contributed by atoms with E-state index in [2.05, 4.69) is 33.0 Å². The molecule has 0 spiro atoms. The molecule has 0 atom stereocenters. The Hall–Kier alpha value is -3.15. The van der Waals surface area contributed by atoms with Gasteiger partial charge in [-0.3, -0.25) is 4.79 Å². The molecule has 1 amide bonds. The summed E-state index contributed by atoms with van der Waals surface area (Å²) in [5.41, 5.74) is 1.27. The molecule has 1 aromatic carbocycles. The molecular formula is C20H23N5O.